The Balaban J connectivity index is 1.33. The summed E-state index contributed by atoms with van der Waals surface area (Å²) in [6.45, 7) is 3.66. The van der Waals surface area contributed by atoms with Crippen LogP contribution in [0.2, 0.25) is 0 Å². The number of amides is 1. The molecule has 2 aromatic heterocycles. The fourth-order valence-corrected chi connectivity index (χ4v) is 4.29. The van der Waals surface area contributed by atoms with Crippen molar-refractivity contribution >= 4 is 32.6 Å². The van der Waals surface area contributed by atoms with Gasteiger partial charge in [0.2, 0.25) is 5.91 Å². The number of aryl methyl sites for hydroxylation is 2. The van der Waals surface area contributed by atoms with Crippen LogP contribution in [-0.4, -0.2) is 45.2 Å². The van der Waals surface area contributed by atoms with Gasteiger partial charge in [-0.25, -0.2) is 9.97 Å². The third-order valence-corrected chi connectivity index (χ3v) is 5.66. The fraction of sp³-hybridized carbons (Fsp3) is 0.444. The molecule has 0 aliphatic carbocycles. The number of thiazole rings is 1. The van der Waals surface area contributed by atoms with E-state index in [-0.39, 0.29) is 11.9 Å². The molecule has 136 valence electrons. The lowest BCUT2D eigenvalue weighted by Gasteiger charge is -2.32. The van der Waals surface area contributed by atoms with Gasteiger partial charge in [-0.2, -0.15) is 5.10 Å². The van der Waals surface area contributed by atoms with Crippen molar-refractivity contribution in [1.29, 1.82) is 0 Å². The van der Waals surface area contributed by atoms with Crippen molar-refractivity contribution in [2.45, 2.75) is 38.6 Å². The molecular weight excluding hydrogens is 348 g/mol. The third-order valence-electron chi connectivity index (χ3n) is 4.56. The summed E-state index contributed by atoms with van der Waals surface area (Å²) < 4.78 is 1.20. The van der Waals surface area contributed by atoms with Gasteiger partial charge < -0.3 is 10.2 Å². The van der Waals surface area contributed by atoms with Gasteiger partial charge in [0, 0.05) is 32.0 Å². The number of rotatable bonds is 5. The molecular formula is C18H22N6OS. The number of hydrogen-bond donors (Lipinski definition) is 2. The smallest absolute Gasteiger partial charge is 0.220 e. The average molecular weight is 370 g/mol. The van der Waals surface area contributed by atoms with Crippen molar-refractivity contribution in [3.05, 3.63) is 35.9 Å². The maximum absolute atomic E-state index is 12.3. The fourth-order valence-electron chi connectivity index (χ4n) is 3.29. The molecule has 3 aromatic rings. The molecule has 1 amide bonds. The van der Waals surface area contributed by atoms with Gasteiger partial charge in [-0.3, -0.25) is 9.89 Å². The predicted octanol–water partition coefficient (Wildman–Crippen LogP) is 2.44. The summed E-state index contributed by atoms with van der Waals surface area (Å²) in [6.07, 6.45) is 3.04. The Labute approximate surface area is 155 Å². The molecule has 0 radical (unpaired) electrons. The van der Waals surface area contributed by atoms with Crippen molar-refractivity contribution in [2.24, 2.45) is 0 Å². The molecule has 1 aliphatic rings. The lowest BCUT2D eigenvalue weighted by atomic mass is 10.1. The number of H-pyrrole nitrogens is 1. The molecule has 2 N–H and O–H groups in total. The third kappa shape index (κ3) is 3.85. The van der Waals surface area contributed by atoms with E-state index in [1.54, 1.807) is 11.3 Å². The van der Waals surface area contributed by atoms with Gasteiger partial charge in [-0.05, 0) is 31.9 Å². The standard InChI is InChI=1S/C18H22N6OS/c1-12-19-16(23-22-12)8-9-17(25)20-13-5-4-10-24(11-13)18-21-14-6-2-3-7-15(14)26-18/h2-3,6-7,13H,4-5,8-11H2,1H3,(H,20,25)(H,19,22,23)/t13-/m1/s1. The Kier molecular flexibility index (Phi) is 4.83. The highest BCUT2D eigenvalue weighted by Gasteiger charge is 2.23. The van der Waals surface area contributed by atoms with Gasteiger partial charge >= 0.3 is 0 Å². The van der Waals surface area contributed by atoms with Crippen LogP contribution >= 0.6 is 11.3 Å². The SMILES string of the molecule is Cc1nc(CCC(=O)N[C@@H]2CCCN(c3nc4ccccc4s3)C2)n[nH]1. The molecule has 8 heteroatoms. The van der Waals surface area contributed by atoms with E-state index in [0.717, 1.165) is 42.4 Å². The average Bonchev–Trinajstić information content (AvgIpc) is 3.26. The van der Waals surface area contributed by atoms with Crippen LogP contribution < -0.4 is 10.2 Å². The topological polar surface area (TPSA) is 86.8 Å². The Morgan fingerprint density at radius 1 is 1.38 bits per heavy atom. The van der Waals surface area contributed by atoms with Crippen LogP contribution in [0.4, 0.5) is 5.13 Å². The van der Waals surface area contributed by atoms with E-state index >= 15 is 0 Å². The highest BCUT2D eigenvalue weighted by Crippen LogP contribution is 2.30. The molecule has 0 spiro atoms. The van der Waals surface area contributed by atoms with E-state index < -0.39 is 0 Å². The van der Waals surface area contributed by atoms with Crippen molar-refractivity contribution in [1.82, 2.24) is 25.5 Å². The summed E-state index contributed by atoms with van der Waals surface area (Å²) in [5.74, 6) is 1.53. The second-order valence-electron chi connectivity index (χ2n) is 6.65. The monoisotopic (exact) mass is 370 g/mol. The van der Waals surface area contributed by atoms with Crippen molar-refractivity contribution in [3.63, 3.8) is 0 Å². The molecule has 0 saturated carbocycles. The first-order valence-electron chi connectivity index (χ1n) is 8.95. The van der Waals surface area contributed by atoms with Gasteiger partial charge in [0.25, 0.3) is 0 Å². The zero-order valence-corrected chi connectivity index (χ0v) is 15.6. The van der Waals surface area contributed by atoms with Gasteiger partial charge in [0.05, 0.1) is 10.2 Å². The van der Waals surface area contributed by atoms with Crippen LogP contribution in [0, 0.1) is 6.92 Å². The molecule has 1 saturated heterocycles. The Morgan fingerprint density at radius 3 is 3.08 bits per heavy atom. The van der Waals surface area contributed by atoms with Gasteiger partial charge in [-0.1, -0.05) is 23.5 Å². The van der Waals surface area contributed by atoms with Crippen LogP contribution in [0.3, 0.4) is 0 Å². The van der Waals surface area contributed by atoms with Crippen LogP contribution in [0.15, 0.2) is 24.3 Å². The summed E-state index contributed by atoms with van der Waals surface area (Å²) in [5.41, 5.74) is 1.04. The van der Waals surface area contributed by atoms with E-state index in [9.17, 15) is 4.79 Å². The summed E-state index contributed by atoms with van der Waals surface area (Å²) in [4.78, 5) is 23.5. The zero-order valence-electron chi connectivity index (χ0n) is 14.7. The largest absolute Gasteiger partial charge is 0.352 e. The number of carbonyl (C=O) groups excluding carboxylic acids is 1. The van der Waals surface area contributed by atoms with Gasteiger partial charge in [0.15, 0.2) is 11.0 Å². The van der Waals surface area contributed by atoms with Crippen molar-refractivity contribution < 1.29 is 4.79 Å². The number of anilines is 1. The molecule has 7 nitrogen and oxygen atoms in total. The second-order valence-corrected chi connectivity index (χ2v) is 7.66. The number of para-hydroxylation sites is 1. The number of hydrogen-bond acceptors (Lipinski definition) is 6. The van der Waals surface area contributed by atoms with E-state index in [0.29, 0.717) is 18.7 Å². The minimum atomic E-state index is 0.0589. The summed E-state index contributed by atoms with van der Waals surface area (Å²) >= 11 is 1.72. The molecule has 1 aliphatic heterocycles. The predicted molar refractivity (Wildman–Crippen MR) is 102 cm³/mol. The van der Waals surface area contributed by atoms with E-state index in [4.69, 9.17) is 4.98 Å². The minimum Gasteiger partial charge on any atom is -0.352 e. The summed E-state index contributed by atoms with van der Waals surface area (Å²) in [5, 5.41) is 11.1. The number of carbonyl (C=O) groups is 1. The molecule has 4 rings (SSSR count). The summed E-state index contributed by atoms with van der Waals surface area (Å²) in [7, 11) is 0. The zero-order chi connectivity index (χ0) is 17.9. The quantitative estimate of drug-likeness (QED) is 0.720. The lowest BCUT2D eigenvalue weighted by molar-refractivity contribution is -0.121. The molecule has 0 bridgehead atoms. The van der Waals surface area contributed by atoms with E-state index in [1.165, 1.54) is 4.70 Å². The Hall–Kier alpha value is -2.48. The number of aromatic nitrogens is 4. The van der Waals surface area contributed by atoms with Gasteiger partial charge in [0.1, 0.15) is 5.82 Å². The highest BCUT2D eigenvalue weighted by atomic mass is 32.1. The van der Waals surface area contributed by atoms with Crippen molar-refractivity contribution in [2.75, 3.05) is 18.0 Å². The minimum absolute atomic E-state index is 0.0589. The van der Waals surface area contributed by atoms with Crippen LogP contribution in [0.25, 0.3) is 10.2 Å². The molecule has 1 atom stereocenters. The first-order chi connectivity index (χ1) is 12.7. The number of nitrogens with one attached hydrogen (secondary N) is 2. The van der Waals surface area contributed by atoms with E-state index in [1.807, 2.05) is 25.1 Å². The molecule has 26 heavy (non-hydrogen) atoms. The normalized spacial score (nSPS) is 17.6. The molecule has 1 fully saturated rings. The van der Waals surface area contributed by atoms with Crippen LogP contribution in [0.5, 0.6) is 0 Å². The number of aromatic amines is 1. The molecule has 0 unspecified atom stereocenters. The van der Waals surface area contributed by atoms with Gasteiger partial charge in [-0.15, -0.1) is 0 Å². The van der Waals surface area contributed by atoms with Crippen LogP contribution in [-0.2, 0) is 11.2 Å². The number of nitrogens with zero attached hydrogens (tertiary/aromatic N) is 4. The summed E-state index contributed by atoms with van der Waals surface area (Å²) in [6, 6.07) is 8.37. The Morgan fingerprint density at radius 2 is 2.27 bits per heavy atom. The second kappa shape index (κ2) is 7.41. The Bertz CT molecular complexity index is 871. The first-order valence-corrected chi connectivity index (χ1v) is 9.77. The highest BCUT2D eigenvalue weighted by molar-refractivity contribution is 7.22. The maximum Gasteiger partial charge on any atom is 0.220 e. The number of fused-ring (bicyclic) bond motifs is 1. The number of piperidine rings is 1. The lowest BCUT2D eigenvalue weighted by Crippen LogP contribution is -2.47. The van der Waals surface area contributed by atoms with E-state index in [2.05, 4.69) is 31.5 Å². The number of benzene rings is 1. The molecule has 3 heterocycles. The van der Waals surface area contributed by atoms with Crippen molar-refractivity contribution in [3.8, 4) is 0 Å². The van der Waals surface area contributed by atoms with Crippen LogP contribution in [0.1, 0.15) is 30.9 Å². The first kappa shape index (κ1) is 17.0. The maximum atomic E-state index is 12.3. The molecule has 1 aromatic carbocycles.